The van der Waals surface area contributed by atoms with Crippen LogP contribution in [0.4, 0.5) is 10.1 Å². The van der Waals surface area contributed by atoms with Crippen molar-refractivity contribution in [2.24, 2.45) is 0 Å². The van der Waals surface area contributed by atoms with Crippen LogP contribution in [0.2, 0.25) is 0 Å². The van der Waals surface area contributed by atoms with Gasteiger partial charge in [0.15, 0.2) is 0 Å². The minimum absolute atomic E-state index is 0.0621. The van der Waals surface area contributed by atoms with E-state index in [-0.39, 0.29) is 16.6 Å². The summed E-state index contributed by atoms with van der Waals surface area (Å²) in [5, 5.41) is 0. The highest BCUT2D eigenvalue weighted by Crippen LogP contribution is 2.16. The zero-order chi connectivity index (χ0) is 13.8. The van der Waals surface area contributed by atoms with Crippen LogP contribution in [0, 0.1) is 5.82 Å². The number of nitrogen functional groups attached to an aromatic ring is 1. The number of sulfonamides is 1. The van der Waals surface area contributed by atoms with Crippen molar-refractivity contribution in [1.29, 1.82) is 0 Å². The zero-order valence-corrected chi connectivity index (χ0v) is 11.4. The Kier molecular flexibility index (Phi) is 5.10. The van der Waals surface area contributed by atoms with Gasteiger partial charge in [-0.15, -0.1) is 0 Å². The fraction of sp³-hybridized carbons (Fsp3) is 0.500. The first kappa shape index (κ1) is 14.9. The van der Waals surface area contributed by atoms with E-state index in [2.05, 4.69) is 4.72 Å². The zero-order valence-electron chi connectivity index (χ0n) is 10.6. The Labute approximate surface area is 107 Å². The van der Waals surface area contributed by atoms with Crippen LogP contribution in [-0.2, 0) is 10.0 Å². The van der Waals surface area contributed by atoms with Crippen LogP contribution in [0.5, 0.6) is 0 Å². The average molecular weight is 274 g/mol. The van der Waals surface area contributed by atoms with E-state index in [1.807, 2.05) is 6.92 Å². The van der Waals surface area contributed by atoms with Gasteiger partial charge in [-0.25, -0.2) is 17.5 Å². The summed E-state index contributed by atoms with van der Waals surface area (Å²) in [7, 11) is -3.67. The maximum absolute atomic E-state index is 13.2. The molecule has 1 unspecified atom stereocenters. The highest BCUT2D eigenvalue weighted by Gasteiger charge is 2.18. The molecule has 1 aromatic rings. The van der Waals surface area contributed by atoms with Crippen molar-refractivity contribution in [3.8, 4) is 0 Å². The molecule has 0 spiro atoms. The van der Waals surface area contributed by atoms with Gasteiger partial charge in [0.2, 0.25) is 10.0 Å². The molecule has 0 aromatic heterocycles. The number of benzene rings is 1. The first-order valence-corrected chi connectivity index (χ1v) is 7.42. The van der Waals surface area contributed by atoms with E-state index in [1.54, 1.807) is 6.92 Å². The molecule has 6 heteroatoms. The Morgan fingerprint density at radius 3 is 2.67 bits per heavy atom. The van der Waals surface area contributed by atoms with Gasteiger partial charge in [0, 0.05) is 6.04 Å². The number of hydrogen-bond donors (Lipinski definition) is 2. The summed E-state index contributed by atoms with van der Waals surface area (Å²) >= 11 is 0. The van der Waals surface area contributed by atoms with Gasteiger partial charge < -0.3 is 5.73 Å². The molecule has 0 fully saturated rings. The Balaban J connectivity index is 2.83. The van der Waals surface area contributed by atoms with Gasteiger partial charge in [0.05, 0.1) is 10.6 Å². The highest BCUT2D eigenvalue weighted by molar-refractivity contribution is 7.89. The lowest BCUT2D eigenvalue weighted by atomic mass is 10.2. The molecular weight excluding hydrogens is 255 g/mol. The number of rotatable bonds is 6. The number of hydrogen-bond acceptors (Lipinski definition) is 3. The predicted octanol–water partition coefficient (Wildman–Crippen LogP) is 2.26. The van der Waals surface area contributed by atoms with Crippen LogP contribution in [0.15, 0.2) is 23.1 Å². The van der Waals surface area contributed by atoms with Crippen molar-refractivity contribution >= 4 is 15.7 Å². The van der Waals surface area contributed by atoms with Crippen molar-refractivity contribution in [2.45, 2.75) is 44.0 Å². The topological polar surface area (TPSA) is 72.2 Å². The fourth-order valence-electron chi connectivity index (χ4n) is 1.58. The van der Waals surface area contributed by atoms with Crippen molar-refractivity contribution in [1.82, 2.24) is 4.72 Å². The Bertz CT molecular complexity index is 503. The third-order valence-corrected chi connectivity index (χ3v) is 4.22. The van der Waals surface area contributed by atoms with E-state index >= 15 is 0 Å². The second kappa shape index (κ2) is 6.15. The first-order valence-electron chi connectivity index (χ1n) is 5.94. The molecule has 0 aliphatic rings. The Morgan fingerprint density at radius 1 is 1.44 bits per heavy atom. The van der Waals surface area contributed by atoms with Crippen molar-refractivity contribution < 1.29 is 12.8 Å². The number of nitrogens with two attached hydrogens (primary N) is 1. The highest BCUT2D eigenvalue weighted by atomic mass is 32.2. The second-order valence-corrected chi connectivity index (χ2v) is 6.06. The molecule has 18 heavy (non-hydrogen) atoms. The van der Waals surface area contributed by atoms with Crippen molar-refractivity contribution in [3.63, 3.8) is 0 Å². The third kappa shape index (κ3) is 3.96. The molecular formula is C12H19FN2O2S. The Morgan fingerprint density at radius 2 is 2.11 bits per heavy atom. The van der Waals surface area contributed by atoms with E-state index in [9.17, 15) is 12.8 Å². The van der Waals surface area contributed by atoms with Gasteiger partial charge in [0.1, 0.15) is 5.82 Å². The van der Waals surface area contributed by atoms with E-state index in [0.717, 1.165) is 25.3 Å². The van der Waals surface area contributed by atoms with Crippen LogP contribution in [0.3, 0.4) is 0 Å². The van der Waals surface area contributed by atoms with Crippen molar-refractivity contribution in [3.05, 3.63) is 24.0 Å². The number of nitrogens with one attached hydrogen (secondary N) is 1. The summed E-state index contributed by atoms with van der Waals surface area (Å²) in [4.78, 5) is -0.0995. The fourth-order valence-corrected chi connectivity index (χ4v) is 2.87. The summed E-state index contributed by atoms with van der Waals surface area (Å²) in [5.41, 5.74) is 5.25. The molecule has 4 nitrogen and oxygen atoms in total. The second-order valence-electron chi connectivity index (χ2n) is 4.35. The van der Waals surface area contributed by atoms with Crippen LogP contribution >= 0.6 is 0 Å². The summed E-state index contributed by atoms with van der Waals surface area (Å²) in [6.45, 7) is 3.83. The molecule has 0 amide bonds. The van der Waals surface area contributed by atoms with Crippen LogP contribution in [-0.4, -0.2) is 14.5 Å². The van der Waals surface area contributed by atoms with E-state index in [1.165, 1.54) is 12.1 Å². The molecule has 0 saturated heterocycles. The Hall–Kier alpha value is -1.14. The third-order valence-electron chi connectivity index (χ3n) is 2.63. The summed E-state index contributed by atoms with van der Waals surface area (Å²) in [5.74, 6) is -0.723. The van der Waals surface area contributed by atoms with E-state index in [4.69, 9.17) is 5.73 Å². The molecule has 3 N–H and O–H groups in total. The average Bonchev–Trinajstić information content (AvgIpc) is 2.29. The van der Waals surface area contributed by atoms with Crippen molar-refractivity contribution in [2.75, 3.05) is 5.73 Å². The standard InChI is InChI=1S/C12H19FN2O2S/c1-3-4-5-9(2)15-18(16,17)10-6-7-12(14)11(13)8-10/h6-9,15H,3-5,14H2,1-2H3. The lowest BCUT2D eigenvalue weighted by molar-refractivity contribution is 0.533. The van der Waals surface area contributed by atoms with Crippen LogP contribution in [0.1, 0.15) is 33.1 Å². The number of anilines is 1. The number of unbranched alkanes of at least 4 members (excludes halogenated alkanes) is 1. The van der Waals surface area contributed by atoms with E-state index in [0.29, 0.717) is 0 Å². The summed E-state index contributed by atoms with van der Waals surface area (Å²) in [6, 6.07) is 3.31. The molecule has 0 aliphatic carbocycles. The number of halogens is 1. The van der Waals surface area contributed by atoms with Crippen LogP contribution in [0.25, 0.3) is 0 Å². The van der Waals surface area contributed by atoms with E-state index < -0.39 is 15.8 Å². The van der Waals surface area contributed by atoms with Gasteiger partial charge in [0.25, 0.3) is 0 Å². The minimum atomic E-state index is -3.67. The first-order chi connectivity index (χ1) is 8.36. The molecule has 0 heterocycles. The smallest absolute Gasteiger partial charge is 0.240 e. The maximum atomic E-state index is 13.2. The lowest BCUT2D eigenvalue weighted by Gasteiger charge is -2.14. The maximum Gasteiger partial charge on any atom is 0.240 e. The molecule has 0 saturated carbocycles. The van der Waals surface area contributed by atoms with Gasteiger partial charge >= 0.3 is 0 Å². The summed E-state index contributed by atoms with van der Waals surface area (Å²) in [6.07, 6.45) is 2.70. The molecule has 1 aromatic carbocycles. The predicted molar refractivity (Wildman–Crippen MR) is 70.1 cm³/mol. The lowest BCUT2D eigenvalue weighted by Crippen LogP contribution is -2.32. The molecule has 0 radical (unpaired) electrons. The quantitative estimate of drug-likeness (QED) is 0.782. The van der Waals surface area contributed by atoms with Gasteiger partial charge in [-0.3, -0.25) is 0 Å². The molecule has 0 bridgehead atoms. The summed E-state index contributed by atoms with van der Waals surface area (Å²) < 4.78 is 39.7. The largest absolute Gasteiger partial charge is 0.396 e. The monoisotopic (exact) mass is 274 g/mol. The molecule has 1 atom stereocenters. The van der Waals surface area contributed by atoms with Gasteiger partial charge in [-0.2, -0.15) is 0 Å². The van der Waals surface area contributed by atoms with Crippen LogP contribution < -0.4 is 10.5 Å². The SMILES string of the molecule is CCCCC(C)NS(=O)(=O)c1ccc(N)c(F)c1. The molecule has 1 rings (SSSR count). The van der Waals surface area contributed by atoms with Gasteiger partial charge in [-0.1, -0.05) is 19.8 Å². The minimum Gasteiger partial charge on any atom is -0.396 e. The molecule has 0 aliphatic heterocycles. The van der Waals surface area contributed by atoms with Gasteiger partial charge in [-0.05, 0) is 31.5 Å². The molecule has 102 valence electrons. The normalized spacial score (nSPS) is 13.5.